The van der Waals surface area contributed by atoms with Crippen molar-refractivity contribution in [1.82, 2.24) is 10.2 Å². The number of aliphatic imine (C=N–C) groups is 1. The minimum Gasteiger partial charge on any atom is -0.396 e. The van der Waals surface area contributed by atoms with Gasteiger partial charge in [0.2, 0.25) is 0 Å². The molecular weight excluding hydrogens is 266 g/mol. The molecule has 0 aliphatic carbocycles. The van der Waals surface area contributed by atoms with E-state index in [0.717, 1.165) is 45.2 Å². The third-order valence-corrected chi connectivity index (χ3v) is 5.10. The van der Waals surface area contributed by atoms with Gasteiger partial charge < -0.3 is 20.1 Å². The van der Waals surface area contributed by atoms with E-state index < -0.39 is 0 Å². The molecule has 0 bridgehead atoms. The van der Waals surface area contributed by atoms with E-state index in [-0.39, 0.29) is 12.0 Å². The van der Waals surface area contributed by atoms with Crippen molar-refractivity contribution >= 4 is 5.96 Å². The molecule has 21 heavy (non-hydrogen) atoms. The van der Waals surface area contributed by atoms with Gasteiger partial charge in [-0.05, 0) is 26.2 Å². The number of rotatable bonds is 5. The number of ether oxygens (including phenoxy) is 1. The second kappa shape index (κ2) is 6.97. The molecule has 0 amide bonds. The smallest absolute Gasteiger partial charge is 0.193 e. The lowest BCUT2D eigenvalue weighted by atomic mass is 9.87. The van der Waals surface area contributed by atoms with Crippen LogP contribution in [0.3, 0.4) is 0 Å². The van der Waals surface area contributed by atoms with Gasteiger partial charge in [-0.15, -0.1) is 0 Å². The van der Waals surface area contributed by atoms with Gasteiger partial charge >= 0.3 is 0 Å². The van der Waals surface area contributed by atoms with Gasteiger partial charge in [-0.1, -0.05) is 13.8 Å². The van der Waals surface area contributed by atoms with Crippen molar-refractivity contribution in [2.45, 2.75) is 40.0 Å². The molecule has 2 heterocycles. The van der Waals surface area contributed by atoms with E-state index in [2.05, 4.69) is 31.0 Å². The standard InChI is InChI=1S/C16H31N3O2/c1-4-15(3,12-20)10-18-14(17-5-2)19-8-6-16(11-19)7-9-21-13-16/h20H,4-13H2,1-3H3,(H,17,18). The average Bonchev–Trinajstić information content (AvgIpc) is 3.14. The molecule has 5 heteroatoms. The molecule has 2 saturated heterocycles. The monoisotopic (exact) mass is 297 g/mol. The predicted molar refractivity (Wildman–Crippen MR) is 85.5 cm³/mol. The fourth-order valence-electron chi connectivity index (χ4n) is 3.05. The van der Waals surface area contributed by atoms with Crippen molar-refractivity contribution in [2.75, 3.05) is 46.0 Å². The Morgan fingerprint density at radius 1 is 1.43 bits per heavy atom. The summed E-state index contributed by atoms with van der Waals surface area (Å²) in [6.07, 6.45) is 3.30. The number of aliphatic hydroxyl groups is 1. The molecule has 0 saturated carbocycles. The summed E-state index contributed by atoms with van der Waals surface area (Å²) < 4.78 is 5.60. The number of nitrogens with one attached hydrogen (secondary N) is 1. The first-order valence-corrected chi connectivity index (χ1v) is 8.28. The number of nitrogens with zero attached hydrogens (tertiary/aromatic N) is 2. The summed E-state index contributed by atoms with van der Waals surface area (Å²) in [5.74, 6) is 0.995. The second-order valence-electron chi connectivity index (χ2n) is 6.97. The number of hydrogen-bond donors (Lipinski definition) is 2. The Kier molecular flexibility index (Phi) is 5.49. The molecule has 0 aromatic heterocycles. The van der Waals surface area contributed by atoms with Crippen LogP contribution in [0, 0.1) is 10.8 Å². The molecule has 2 fully saturated rings. The minimum atomic E-state index is -0.117. The third kappa shape index (κ3) is 3.89. The van der Waals surface area contributed by atoms with Crippen LogP contribution in [0.5, 0.6) is 0 Å². The largest absolute Gasteiger partial charge is 0.396 e. The van der Waals surface area contributed by atoms with Crippen molar-refractivity contribution in [3.63, 3.8) is 0 Å². The van der Waals surface area contributed by atoms with E-state index in [0.29, 0.717) is 12.0 Å². The Bertz CT molecular complexity index is 361. The molecule has 2 rings (SSSR count). The highest BCUT2D eigenvalue weighted by Crippen LogP contribution is 2.38. The van der Waals surface area contributed by atoms with Crippen LogP contribution >= 0.6 is 0 Å². The van der Waals surface area contributed by atoms with E-state index in [4.69, 9.17) is 9.73 Å². The Morgan fingerprint density at radius 3 is 2.81 bits per heavy atom. The van der Waals surface area contributed by atoms with E-state index in [1.54, 1.807) is 0 Å². The summed E-state index contributed by atoms with van der Waals surface area (Å²) in [5.41, 5.74) is 0.232. The molecule has 0 aromatic carbocycles. The van der Waals surface area contributed by atoms with Gasteiger partial charge in [0.1, 0.15) is 0 Å². The van der Waals surface area contributed by atoms with Crippen LogP contribution in [0.4, 0.5) is 0 Å². The van der Waals surface area contributed by atoms with Crippen molar-refractivity contribution < 1.29 is 9.84 Å². The third-order valence-electron chi connectivity index (χ3n) is 5.10. The molecule has 2 aliphatic rings. The first kappa shape index (κ1) is 16.6. The van der Waals surface area contributed by atoms with Gasteiger partial charge in [0.15, 0.2) is 5.96 Å². The average molecular weight is 297 g/mol. The number of guanidine groups is 1. The summed E-state index contributed by atoms with van der Waals surface area (Å²) in [7, 11) is 0. The van der Waals surface area contributed by atoms with Gasteiger partial charge in [0, 0.05) is 37.1 Å². The summed E-state index contributed by atoms with van der Waals surface area (Å²) in [5, 5.41) is 12.9. The zero-order valence-corrected chi connectivity index (χ0v) is 13.8. The molecule has 2 unspecified atom stereocenters. The molecule has 1 spiro atoms. The van der Waals surface area contributed by atoms with Crippen LogP contribution in [-0.4, -0.2) is 62.0 Å². The molecule has 2 atom stereocenters. The van der Waals surface area contributed by atoms with Crippen LogP contribution in [0.1, 0.15) is 40.0 Å². The molecule has 122 valence electrons. The normalized spacial score (nSPS) is 29.1. The topological polar surface area (TPSA) is 57.1 Å². The van der Waals surface area contributed by atoms with E-state index in [1.165, 1.54) is 12.8 Å². The summed E-state index contributed by atoms with van der Waals surface area (Å²) in [6.45, 7) is 11.9. The summed E-state index contributed by atoms with van der Waals surface area (Å²) >= 11 is 0. The highest BCUT2D eigenvalue weighted by atomic mass is 16.5. The van der Waals surface area contributed by atoms with Crippen LogP contribution in [0.25, 0.3) is 0 Å². The van der Waals surface area contributed by atoms with Gasteiger partial charge in [0.25, 0.3) is 0 Å². The highest BCUT2D eigenvalue weighted by Gasteiger charge is 2.42. The van der Waals surface area contributed by atoms with Crippen molar-refractivity contribution in [3.05, 3.63) is 0 Å². The van der Waals surface area contributed by atoms with Crippen LogP contribution < -0.4 is 5.32 Å². The number of likely N-dealkylation sites (tertiary alicyclic amines) is 1. The molecule has 2 N–H and O–H groups in total. The van der Waals surface area contributed by atoms with Gasteiger partial charge in [0.05, 0.1) is 19.8 Å². The first-order chi connectivity index (χ1) is 10.1. The Morgan fingerprint density at radius 2 is 2.24 bits per heavy atom. The molecule has 5 nitrogen and oxygen atoms in total. The molecule has 0 aromatic rings. The lowest BCUT2D eigenvalue weighted by Crippen LogP contribution is -2.42. The highest BCUT2D eigenvalue weighted by molar-refractivity contribution is 5.80. The maximum absolute atomic E-state index is 9.54. The van der Waals surface area contributed by atoms with Crippen molar-refractivity contribution in [1.29, 1.82) is 0 Å². The molecular formula is C16H31N3O2. The summed E-state index contributed by atoms with van der Waals surface area (Å²) in [6, 6.07) is 0. The van der Waals surface area contributed by atoms with E-state index in [1.807, 2.05) is 0 Å². The van der Waals surface area contributed by atoms with E-state index >= 15 is 0 Å². The fourth-order valence-corrected chi connectivity index (χ4v) is 3.05. The maximum atomic E-state index is 9.54. The first-order valence-electron chi connectivity index (χ1n) is 8.28. The second-order valence-corrected chi connectivity index (χ2v) is 6.97. The van der Waals surface area contributed by atoms with Crippen LogP contribution in [-0.2, 0) is 4.74 Å². The van der Waals surface area contributed by atoms with Gasteiger partial charge in [-0.3, -0.25) is 4.99 Å². The summed E-state index contributed by atoms with van der Waals surface area (Å²) in [4.78, 5) is 7.16. The minimum absolute atomic E-state index is 0.117. The maximum Gasteiger partial charge on any atom is 0.193 e. The number of aliphatic hydroxyl groups excluding tert-OH is 1. The zero-order chi connectivity index (χ0) is 15.3. The fraction of sp³-hybridized carbons (Fsp3) is 0.938. The quantitative estimate of drug-likeness (QED) is 0.596. The lowest BCUT2D eigenvalue weighted by molar-refractivity contribution is 0.145. The Labute approximate surface area is 128 Å². The van der Waals surface area contributed by atoms with Gasteiger partial charge in [-0.2, -0.15) is 0 Å². The Hall–Kier alpha value is -0.810. The molecule has 2 aliphatic heterocycles. The van der Waals surface area contributed by atoms with Crippen LogP contribution in [0.15, 0.2) is 4.99 Å². The zero-order valence-electron chi connectivity index (χ0n) is 13.8. The van der Waals surface area contributed by atoms with Gasteiger partial charge in [-0.25, -0.2) is 0 Å². The predicted octanol–water partition coefficient (Wildman–Crippen LogP) is 1.47. The number of hydrogen-bond acceptors (Lipinski definition) is 3. The molecule has 0 radical (unpaired) electrons. The van der Waals surface area contributed by atoms with Crippen LogP contribution in [0.2, 0.25) is 0 Å². The van der Waals surface area contributed by atoms with Crippen molar-refractivity contribution in [2.24, 2.45) is 15.8 Å². The van der Waals surface area contributed by atoms with Crippen molar-refractivity contribution in [3.8, 4) is 0 Å². The lowest BCUT2D eigenvalue weighted by Gasteiger charge is -2.27. The SMILES string of the molecule is CCNC(=NCC(C)(CC)CO)N1CCC2(CCOC2)C1. The van der Waals surface area contributed by atoms with E-state index in [9.17, 15) is 5.11 Å². The Balaban J connectivity index is 2.01.